The number of aromatic nitrogens is 2. The molecule has 0 saturated carbocycles. The predicted octanol–water partition coefficient (Wildman–Crippen LogP) is 5.48. The van der Waals surface area contributed by atoms with Gasteiger partial charge in [-0.05, 0) is 62.3 Å². The first kappa shape index (κ1) is 22.5. The van der Waals surface area contributed by atoms with Crippen LogP contribution in [0.15, 0.2) is 64.8 Å². The largest absolute Gasteiger partial charge is 0.382 e. The molecule has 1 N–H and O–H groups in total. The Bertz CT molecular complexity index is 1100. The van der Waals surface area contributed by atoms with Crippen molar-refractivity contribution in [2.24, 2.45) is 0 Å². The van der Waals surface area contributed by atoms with Crippen molar-refractivity contribution >= 4 is 34.5 Å². The summed E-state index contributed by atoms with van der Waals surface area (Å²) >= 11 is 11.7. The monoisotopic (exact) mass is 468 g/mol. The van der Waals surface area contributed by atoms with Crippen LogP contribution in [-0.2, 0) is 4.74 Å². The maximum absolute atomic E-state index is 6.02. The molecule has 1 atom stereocenters. The highest BCUT2D eigenvalue weighted by Crippen LogP contribution is 2.37. The number of ether oxygens (including phenoxy) is 1. The molecular formula is C24H25ClN4O2S. The lowest BCUT2D eigenvalue weighted by molar-refractivity contribution is 0.141. The fourth-order valence-electron chi connectivity index (χ4n) is 3.74. The third kappa shape index (κ3) is 4.85. The molecule has 2 aromatic carbocycles. The van der Waals surface area contributed by atoms with Crippen molar-refractivity contribution in [1.82, 2.24) is 20.4 Å². The SMILES string of the molecule is CCOCCCN1C(=S)NC(c2ccccc2)C(c2nc(-c3ccc(Cl)cc3)no2)=C1C. The smallest absolute Gasteiger partial charge is 0.258 e. The molecule has 4 rings (SSSR count). The van der Waals surface area contributed by atoms with E-state index >= 15 is 0 Å². The van der Waals surface area contributed by atoms with Crippen molar-refractivity contribution < 1.29 is 9.26 Å². The topological polar surface area (TPSA) is 63.4 Å². The summed E-state index contributed by atoms with van der Waals surface area (Å²) in [7, 11) is 0. The summed E-state index contributed by atoms with van der Waals surface area (Å²) < 4.78 is 11.3. The van der Waals surface area contributed by atoms with Gasteiger partial charge in [0.1, 0.15) is 0 Å². The molecule has 3 aromatic rings. The van der Waals surface area contributed by atoms with E-state index in [1.54, 1.807) is 0 Å². The summed E-state index contributed by atoms with van der Waals surface area (Å²) in [5.74, 6) is 0.978. The van der Waals surface area contributed by atoms with Gasteiger partial charge in [0.25, 0.3) is 5.89 Å². The molecule has 166 valence electrons. The molecule has 1 aromatic heterocycles. The lowest BCUT2D eigenvalue weighted by atomic mass is 9.95. The molecule has 0 radical (unpaired) electrons. The van der Waals surface area contributed by atoms with E-state index in [9.17, 15) is 0 Å². The highest BCUT2D eigenvalue weighted by Gasteiger charge is 2.33. The Balaban J connectivity index is 1.72. The molecule has 32 heavy (non-hydrogen) atoms. The van der Waals surface area contributed by atoms with Crippen LogP contribution in [0.3, 0.4) is 0 Å². The van der Waals surface area contributed by atoms with Crippen molar-refractivity contribution in [3.63, 3.8) is 0 Å². The molecule has 0 amide bonds. The van der Waals surface area contributed by atoms with E-state index in [4.69, 9.17) is 38.1 Å². The number of hydrogen-bond donors (Lipinski definition) is 1. The van der Waals surface area contributed by atoms with Crippen LogP contribution in [0.2, 0.25) is 5.02 Å². The maximum atomic E-state index is 6.02. The van der Waals surface area contributed by atoms with Gasteiger partial charge in [0.05, 0.1) is 11.6 Å². The Morgan fingerprint density at radius 1 is 1.16 bits per heavy atom. The Labute approximate surface area is 198 Å². The molecule has 0 fully saturated rings. The Morgan fingerprint density at radius 3 is 2.62 bits per heavy atom. The third-order valence-electron chi connectivity index (χ3n) is 5.36. The van der Waals surface area contributed by atoms with Gasteiger partial charge in [0, 0.05) is 36.0 Å². The van der Waals surface area contributed by atoms with Gasteiger partial charge in [-0.1, -0.05) is 47.1 Å². The van der Waals surface area contributed by atoms with Crippen LogP contribution in [0, 0.1) is 0 Å². The summed E-state index contributed by atoms with van der Waals surface area (Å²) in [5.41, 5.74) is 3.82. The van der Waals surface area contributed by atoms with Gasteiger partial charge in [-0.3, -0.25) is 0 Å². The summed E-state index contributed by atoms with van der Waals surface area (Å²) in [4.78, 5) is 6.79. The zero-order chi connectivity index (χ0) is 22.5. The van der Waals surface area contributed by atoms with Gasteiger partial charge < -0.3 is 19.5 Å². The molecule has 0 saturated heterocycles. The third-order valence-corrected chi connectivity index (χ3v) is 5.95. The van der Waals surface area contributed by atoms with E-state index in [-0.39, 0.29) is 6.04 Å². The normalized spacial score (nSPS) is 16.4. The van der Waals surface area contributed by atoms with Crippen molar-refractivity contribution in [3.8, 4) is 11.4 Å². The predicted molar refractivity (Wildman–Crippen MR) is 130 cm³/mol. The van der Waals surface area contributed by atoms with E-state index in [1.807, 2.05) is 56.3 Å². The van der Waals surface area contributed by atoms with Crippen molar-refractivity contribution in [1.29, 1.82) is 0 Å². The van der Waals surface area contributed by atoms with Crippen molar-refractivity contribution in [2.45, 2.75) is 26.3 Å². The number of hydrogen-bond acceptors (Lipinski definition) is 5. The van der Waals surface area contributed by atoms with Crippen LogP contribution in [0.25, 0.3) is 17.0 Å². The number of benzene rings is 2. The number of nitrogens with zero attached hydrogens (tertiary/aromatic N) is 3. The highest BCUT2D eigenvalue weighted by atomic mass is 35.5. The van der Waals surface area contributed by atoms with E-state index < -0.39 is 0 Å². The molecule has 1 aliphatic rings. The van der Waals surface area contributed by atoms with Gasteiger partial charge in [-0.15, -0.1) is 0 Å². The highest BCUT2D eigenvalue weighted by molar-refractivity contribution is 7.80. The Hall–Kier alpha value is -2.74. The summed E-state index contributed by atoms with van der Waals surface area (Å²) in [6.07, 6.45) is 0.857. The minimum atomic E-state index is -0.189. The number of allylic oxidation sites excluding steroid dienone is 1. The molecule has 6 nitrogen and oxygen atoms in total. The van der Waals surface area contributed by atoms with E-state index in [0.29, 0.717) is 35.1 Å². The molecule has 0 bridgehead atoms. The zero-order valence-electron chi connectivity index (χ0n) is 18.0. The van der Waals surface area contributed by atoms with E-state index in [2.05, 4.69) is 27.5 Å². The lowest BCUT2D eigenvalue weighted by Gasteiger charge is -2.37. The van der Waals surface area contributed by atoms with Gasteiger partial charge in [-0.25, -0.2) is 0 Å². The summed E-state index contributed by atoms with van der Waals surface area (Å²) in [6.45, 7) is 6.16. The minimum absolute atomic E-state index is 0.189. The summed E-state index contributed by atoms with van der Waals surface area (Å²) in [5, 5.41) is 9.03. The van der Waals surface area contributed by atoms with Crippen molar-refractivity contribution in [2.75, 3.05) is 19.8 Å². The molecule has 1 aliphatic heterocycles. The number of halogens is 1. The van der Waals surface area contributed by atoms with E-state index in [1.165, 1.54) is 0 Å². The maximum Gasteiger partial charge on any atom is 0.258 e. The number of nitrogens with one attached hydrogen (secondary N) is 1. The van der Waals surface area contributed by atoms with E-state index in [0.717, 1.165) is 35.4 Å². The Morgan fingerprint density at radius 2 is 1.91 bits per heavy atom. The molecule has 2 heterocycles. The van der Waals surface area contributed by atoms with Crippen LogP contribution in [0.5, 0.6) is 0 Å². The number of thiocarbonyl (C=S) groups is 1. The average molecular weight is 469 g/mol. The lowest BCUT2D eigenvalue weighted by Crippen LogP contribution is -2.46. The molecule has 8 heteroatoms. The first-order valence-corrected chi connectivity index (χ1v) is 11.4. The second-order valence-electron chi connectivity index (χ2n) is 7.42. The molecular weight excluding hydrogens is 444 g/mol. The van der Waals surface area contributed by atoms with Crippen LogP contribution in [-0.4, -0.2) is 39.9 Å². The molecule has 0 aliphatic carbocycles. The fourth-order valence-corrected chi connectivity index (χ4v) is 4.21. The zero-order valence-corrected chi connectivity index (χ0v) is 19.6. The van der Waals surface area contributed by atoms with Crippen LogP contribution < -0.4 is 5.32 Å². The van der Waals surface area contributed by atoms with Gasteiger partial charge in [0.15, 0.2) is 5.11 Å². The van der Waals surface area contributed by atoms with Crippen LogP contribution in [0.4, 0.5) is 0 Å². The number of rotatable bonds is 8. The second-order valence-corrected chi connectivity index (χ2v) is 8.25. The first-order chi connectivity index (χ1) is 15.6. The molecule has 1 unspecified atom stereocenters. The van der Waals surface area contributed by atoms with Gasteiger partial charge in [0.2, 0.25) is 5.82 Å². The van der Waals surface area contributed by atoms with Gasteiger partial charge >= 0.3 is 0 Å². The standard InChI is InChI=1S/C24H25ClN4O2S/c1-3-30-15-7-14-29-16(2)20(21(26-24(29)32)17-8-5-4-6-9-17)23-27-22(28-31-23)18-10-12-19(25)13-11-18/h4-6,8-13,21H,3,7,14-15H2,1-2H3,(H,26,32). The minimum Gasteiger partial charge on any atom is -0.382 e. The first-order valence-electron chi connectivity index (χ1n) is 10.6. The fraction of sp³-hybridized carbons (Fsp3) is 0.292. The quantitative estimate of drug-likeness (QED) is 0.347. The average Bonchev–Trinajstić information content (AvgIpc) is 3.29. The van der Waals surface area contributed by atoms with Gasteiger partial charge in [-0.2, -0.15) is 4.98 Å². The molecule has 0 spiro atoms. The second kappa shape index (κ2) is 10.3. The summed E-state index contributed by atoms with van der Waals surface area (Å²) in [6, 6.07) is 17.3. The van der Waals surface area contributed by atoms with Crippen molar-refractivity contribution in [3.05, 3.63) is 76.8 Å². The van der Waals surface area contributed by atoms with Crippen LogP contribution >= 0.6 is 23.8 Å². The van der Waals surface area contributed by atoms with Crippen LogP contribution in [0.1, 0.15) is 37.8 Å². The Kier molecular flexibility index (Phi) is 7.19.